The third-order valence-corrected chi connectivity index (χ3v) is 6.48. The number of alkyl halides is 4. The summed E-state index contributed by atoms with van der Waals surface area (Å²) in [6.45, 7) is 0.462. The molecule has 8 heteroatoms. The summed E-state index contributed by atoms with van der Waals surface area (Å²) in [6, 6.07) is -0.641. The highest BCUT2D eigenvalue weighted by atomic mass is 35.5. The number of likely N-dealkylation sites (tertiary alicyclic amines) is 1. The first-order valence-corrected chi connectivity index (χ1v) is 9.96. The quantitative estimate of drug-likeness (QED) is 0.588. The molecule has 7 unspecified atom stereocenters. The molecular formula is C18H26ClF3N2O2. The molecule has 0 aromatic carbocycles. The summed E-state index contributed by atoms with van der Waals surface area (Å²) in [4.78, 5) is 26.3. The van der Waals surface area contributed by atoms with E-state index in [2.05, 4.69) is 5.32 Å². The van der Waals surface area contributed by atoms with Gasteiger partial charge in [-0.1, -0.05) is 6.42 Å². The highest BCUT2D eigenvalue weighted by molar-refractivity contribution is 6.21. The van der Waals surface area contributed by atoms with Crippen molar-refractivity contribution in [1.29, 1.82) is 0 Å². The van der Waals surface area contributed by atoms with E-state index in [1.165, 1.54) is 4.90 Å². The van der Waals surface area contributed by atoms with Crippen LogP contribution in [0, 0.1) is 11.8 Å². The Labute approximate surface area is 156 Å². The highest BCUT2D eigenvalue weighted by Gasteiger charge is 2.44. The van der Waals surface area contributed by atoms with Gasteiger partial charge in [-0.25, -0.2) is 13.2 Å². The van der Waals surface area contributed by atoms with Gasteiger partial charge in [-0.3, -0.25) is 9.59 Å². The maximum atomic E-state index is 14.1. The minimum absolute atomic E-state index is 0.158. The zero-order chi connectivity index (χ0) is 18.8. The van der Waals surface area contributed by atoms with Crippen molar-refractivity contribution in [3.8, 4) is 0 Å². The van der Waals surface area contributed by atoms with Crippen LogP contribution in [-0.4, -0.2) is 59.7 Å². The maximum absolute atomic E-state index is 14.1. The van der Waals surface area contributed by atoms with Crippen LogP contribution in [0.15, 0.2) is 0 Å². The second kappa shape index (κ2) is 8.36. The Balaban J connectivity index is 1.52. The lowest BCUT2D eigenvalue weighted by Crippen LogP contribution is -2.48. The zero-order valence-electron chi connectivity index (χ0n) is 14.7. The van der Waals surface area contributed by atoms with Crippen LogP contribution in [0.5, 0.6) is 0 Å². The van der Waals surface area contributed by atoms with Gasteiger partial charge in [0, 0.05) is 25.4 Å². The number of nitrogens with one attached hydrogen (secondary N) is 1. The summed E-state index contributed by atoms with van der Waals surface area (Å²) in [7, 11) is 0. The molecule has 148 valence electrons. The summed E-state index contributed by atoms with van der Waals surface area (Å²) in [6.07, 6.45) is -0.951. The van der Waals surface area contributed by atoms with Crippen LogP contribution in [-0.2, 0) is 9.59 Å². The largest absolute Gasteiger partial charge is 0.355 e. The average Bonchev–Trinajstić information content (AvgIpc) is 2.97. The summed E-state index contributed by atoms with van der Waals surface area (Å²) < 4.78 is 41.5. The lowest BCUT2D eigenvalue weighted by molar-refractivity contribution is -0.140. The minimum atomic E-state index is -1.39. The fraction of sp³-hybridized carbons (Fsp3) is 0.889. The molecule has 1 heterocycles. The van der Waals surface area contributed by atoms with E-state index in [0.29, 0.717) is 25.8 Å². The van der Waals surface area contributed by atoms with Crippen LogP contribution < -0.4 is 5.32 Å². The average molecular weight is 395 g/mol. The summed E-state index contributed by atoms with van der Waals surface area (Å²) in [5.74, 6) is -2.03. The highest BCUT2D eigenvalue weighted by Crippen LogP contribution is 2.33. The number of carbonyl (C=O) groups excluding carboxylic acids is 2. The Kier molecular flexibility index (Phi) is 6.36. The van der Waals surface area contributed by atoms with Gasteiger partial charge < -0.3 is 10.2 Å². The number of nitrogens with zero attached hydrogens (tertiary/aromatic N) is 1. The van der Waals surface area contributed by atoms with Crippen LogP contribution in [0.4, 0.5) is 13.2 Å². The number of amides is 2. The molecule has 1 saturated heterocycles. The molecule has 2 saturated carbocycles. The topological polar surface area (TPSA) is 49.4 Å². The van der Waals surface area contributed by atoms with Crippen LogP contribution in [0.2, 0.25) is 0 Å². The Bertz CT molecular complexity index is 539. The molecule has 4 nitrogen and oxygen atoms in total. The van der Waals surface area contributed by atoms with E-state index in [4.69, 9.17) is 11.6 Å². The van der Waals surface area contributed by atoms with Gasteiger partial charge in [0.1, 0.15) is 24.4 Å². The molecule has 1 N–H and O–H groups in total. The number of hydrogen-bond acceptors (Lipinski definition) is 2. The number of rotatable bonds is 4. The number of carbonyl (C=O) groups is 2. The molecule has 3 aliphatic rings. The molecule has 0 aromatic heterocycles. The smallest absolute Gasteiger partial charge is 0.235 e. The van der Waals surface area contributed by atoms with E-state index >= 15 is 0 Å². The van der Waals surface area contributed by atoms with Crippen molar-refractivity contribution in [2.24, 2.45) is 11.8 Å². The van der Waals surface area contributed by atoms with Gasteiger partial charge in [0.2, 0.25) is 11.8 Å². The van der Waals surface area contributed by atoms with Crippen LogP contribution in [0.1, 0.15) is 44.9 Å². The van der Waals surface area contributed by atoms with Crippen molar-refractivity contribution in [2.45, 2.75) is 74.9 Å². The van der Waals surface area contributed by atoms with E-state index in [1.807, 2.05) is 0 Å². The third-order valence-electron chi connectivity index (χ3n) is 6.02. The van der Waals surface area contributed by atoms with E-state index in [-0.39, 0.29) is 31.7 Å². The summed E-state index contributed by atoms with van der Waals surface area (Å²) in [5.41, 5.74) is 0. The van der Waals surface area contributed by atoms with E-state index < -0.39 is 47.7 Å². The molecule has 0 aromatic rings. The van der Waals surface area contributed by atoms with Crippen molar-refractivity contribution in [1.82, 2.24) is 10.2 Å². The first-order valence-electron chi connectivity index (χ1n) is 9.53. The zero-order valence-corrected chi connectivity index (χ0v) is 15.4. The second-order valence-corrected chi connectivity index (χ2v) is 8.32. The number of hydrogen-bond donors (Lipinski definition) is 1. The van der Waals surface area contributed by atoms with Gasteiger partial charge in [0.25, 0.3) is 0 Å². The van der Waals surface area contributed by atoms with Crippen molar-refractivity contribution >= 4 is 23.4 Å². The van der Waals surface area contributed by atoms with Gasteiger partial charge in [-0.15, -0.1) is 11.6 Å². The van der Waals surface area contributed by atoms with Crippen LogP contribution >= 0.6 is 11.6 Å². The molecule has 3 fully saturated rings. The molecule has 2 amide bonds. The van der Waals surface area contributed by atoms with Gasteiger partial charge in [0.05, 0.1) is 11.4 Å². The predicted octanol–water partition coefficient (Wildman–Crippen LogP) is 2.93. The molecular weight excluding hydrogens is 369 g/mol. The van der Waals surface area contributed by atoms with E-state index in [0.717, 1.165) is 6.42 Å². The van der Waals surface area contributed by atoms with Crippen molar-refractivity contribution in [3.05, 3.63) is 0 Å². The normalized spacial score (nSPS) is 41.3. The second-order valence-electron chi connectivity index (χ2n) is 7.76. The Morgan fingerprint density at radius 3 is 2.65 bits per heavy atom. The Morgan fingerprint density at radius 1 is 1.15 bits per heavy atom. The maximum Gasteiger partial charge on any atom is 0.235 e. The monoisotopic (exact) mass is 394 g/mol. The van der Waals surface area contributed by atoms with Gasteiger partial charge in [-0.2, -0.15) is 0 Å². The van der Waals surface area contributed by atoms with Crippen molar-refractivity contribution in [3.63, 3.8) is 0 Å². The molecule has 7 atom stereocenters. The number of halogens is 4. The first kappa shape index (κ1) is 19.8. The molecule has 0 bridgehead atoms. The third kappa shape index (κ3) is 4.12. The first-order chi connectivity index (χ1) is 12.4. The fourth-order valence-electron chi connectivity index (χ4n) is 4.44. The van der Waals surface area contributed by atoms with Crippen molar-refractivity contribution < 1.29 is 22.8 Å². The van der Waals surface area contributed by atoms with Crippen molar-refractivity contribution in [2.75, 3.05) is 13.1 Å². The summed E-state index contributed by atoms with van der Waals surface area (Å²) in [5, 5.41) is 2.15. The van der Waals surface area contributed by atoms with E-state index in [9.17, 15) is 22.8 Å². The Hall–Kier alpha value is -0.980. The van der Waals surface area contributed by atoms with Gasteiger partial charge in [-0.05, 0) is 32.1 Å². The van der Waals surface area contributed by atoms with Gasteiger partial charge >= 0.3 is 0 Å². The molecule has 0 spiro atoms. The fourth-order valence-corrected chi connectivity index (χ4v) is 4.80. The SMILES string of the molecule is O=C(NCC1CCCC(Cl)C1F)C1CCN(C2CCC(F)CC2F)C1=O. The predicted molar refractivity (Wildman–Crippen MR) is 92.1 cm³/mol. The minimum Gasteiger partial charge on any atom is -0.355 e. The molecule has 26 heavy (non-hydrogen) atoms. The van der Waals surface area contributed by atoms with Gasteiger partial charge in [0.15, 0.2) is 0 Å². The molecule has 1 aliphatic heterocycles. The lowest BCUT2D eigenvalue weighted by Gasteiger charge is -2.35. The molecule has 0 radical (unpaired) electrons. The Morgan fingerprint density at radius 2 is 1.92 bits per heavy atom. The standard InChI is InChI=1S/C18H26ClF3N2O2/c19-13-3-1-2-10(16(13)22)9-23-17(25)12-6-7-24(18(12)26)15-5-4-11(20)8-14(15)21/h10-16H,1-9H2,(H,23,25). The van der Waals surface area contributed by atoms with Crippen LogP contribution in [0.25, 0.3) is 0 Å². The summed E-state index contributed by atoms with van der Waals surface area (Å²) >= 11 is 5.95. The lowest BCUT2D eigenvalue weighted by atomic mass is 9.87. The molecule has 3 rings (SSSR count). The molecule has 2 aliphatic carbocycles. The van der Waals surface area contributed by atoms with Crippen LogP contribution in [0.3, 0.4) is 0 Å². The van der Waals surface area contributed by atoms with E-state index in [1.54, 1.807) is 0 Å².